The van der Waals surface area contributed by atoms with E-state index in [2.05, 4.69) is 23.8 Å². The van der Waals surface area contributed by atoms with Gasteiger partial charge in [-0.25, -0.2) is 0 Å². The number of hydrogen-bond donors (Lipinski definition) is 1. The van der Waals surface area contributed by atoms with E-state index in [1.54, 1.807) is 0 Å². The van der Waals surface area contributed by atoms with Crippen LogP contribution in [-0.2, 0) is 4.74 Å². The van der Waals surface area contributed by atoms with Gasteiger partial charge in [-0.2, -0.15) is 0 Å². The quantitative estimate of drug-likeness (QED) is 0.605. The summed E-state index contributed by atoms with van der Waals surface area (Å²) < 4.78 is 5.35. The summed E-state index contributed by atoms with van der Waals surface area (Å²) in [6, 6.07) is 0.490. The van der Waals surface area contributed by atoms with Crippen molar-refractivity contribution in [2.45, 2.75) is 6.04 Å². The minimum absolute atomic E-state index is 0.490. The van der Waals surface area contributed by atoms with Crippen LogP contribution in [0.25, 0.3) is 0 Å². The van der Waals surface area contributed by atoms with E-state index in [0.717, 1.165) is 32.8 Å². The van der Waals surface area contributed by atoms with Crippen molar-refractivity contribution in [1.82, 2.24) is 10.2 Å². The number of nitrogens with zero attached hydrogens (tertiary/aromatic N) is 1. The average molecular weight is 170 g/mol. The molecule has 0 amide bonds. The first-order chi connectivity index (χ1) is 5.83. The Labute approximate surface area is 74.4 Å². The molecule has 1 fully saturated rings. The van der Waals surface area contributed by atoms with Gasteiger partial charge in [0.1, 0.15) is 0 Å². The van der Waals surface area contributed by atoms with Crippen LogP contribution >= 0.6 is 0 Å². The molecule has 3 nitrogen and oxygen atoms in total. The molecule has 0 spiro atoms. The molecule has 1 rings (SSSR count). The van der Waals surface area contributed by atoms with Gasteiger partial charge in [0.2, 0.25) is 0 Å². The van der Waals surface area contributed by atoms with Gasteiger partial charge in [-0.15, -0.1) is 6.58 Å². The Bertz CT molecular complexity index is 132. The van der Waals surface area contributed by atoms with Crippen LogP contribution in [0.5, 0.6) is 0 Å². The summed E-state index contributed by atoms with van der Waals surface area (Å²) in [5, 5.41) is 3.41. The summed E-state index contributed by atoms with van der Waals surface area (Å²) >= 11 is 0. The fourth-order valence-corrected chi connectivity index (χ4v) is 1.41. The largest absolute Gasteiger partial charge is 0.378 e. The molecule has 1 N–H and O–H groups in total. The van der Waals surface area contributed by atoms with E-state index in [0.29, 0.717) is 6.04 Å². The van der Waals surface area contributed by atoms with Gasteiger partial charge in [0.25, 0.3) is 0 Å². The summed E-state index contributed by atoms with van der Waals surface area (Å²) in [7, 11) is 2.10. The first-order valence-corrected chi connectivity index (χ1v) is 4.43. The van der Waals surface area contributed by atoms with Crippen LogP contribution < -0.4 is 5.32 Å². The molecular weight excluding hydrogens is 152 g/mol. The Morgan fingerprint density at radius 1 is 1.75 bits per heavy atom. The zero-order valence-electron chi connectivity index (χ0n) is 7.75. The molecule has 0 saturated carbocycles. The lowest BCUT2D eigenvalue weighted by molar-refractivity contribution is 0.0666. The van der Waals surface area contributed by atoms with Crippen molar-refractivity contribution in [3.63, 3.8) is 0 Å². The fraction of sp³-hybridized carbons (Fsp3) is 0.778. The SMILES string of the molecule is C=CCN(C)CC1COCCN1. The number of hydrogen-bond acceptors (Lipinski definition) is 3. The van der Waals surface area contributed by atoms with Crippen molar-refractivity contribution >= 4 is 0 Å². The first-order valence-electron chi connectivity index (χ1n) is 4.43. The Morgan fingerprint density at radius 2 is 2.58 bits per heavy atom. The highest BCUT2D eigenvalue weighted by molar-refractivity contribution is 4.77. The molecule has 0 bridgehead atoms. The maximum Gasteiger partial charge on any atom is 0.0632 e. The molecule has 0 aromatic carbocycles. The number of likely N-dealkylation sites (N-methyl/N-ethyl adjacent to an activating group) is 1. The van der Waals surface area contributed by atoms with Crippen molar-refractivity contribution < 1.29 is 4.74 Å². The second kappa shape index (κ2) is 5.30. The molecule has 1 unspecified atom stereocenters. The minimum Gasteiger partial charge on any atom is -0.378 e. The molecule has 1 saturated heterocycles. The van der Waals surface area contributed by atoms with Gasteiger partial charge in [0, 0.05) is 25.7 Å². The Balaban J connectivity index is 2.15. The maximum absolute atomic E-state index is 5.35. The second-order valence-corrected chi connectivity index (χ2v) is 3.24. The third-order valence-corrected chi connectivity index (χ3v) is 1.97. The van der Waals surface area contributed by atoms with Crippen LogP contribution in [0.4, 0.5) is 0 Å². The standard InChI is InChI=1S/C9H18N2O/c1-3-5-11(2)7-9-8-12-6-4-10-9/h3,9-10H,1,4-8H2,2H3. The first kappa shape index (κ1) is 9.71. The molecule has 0 aliphatic carbocycles. The van der Waals surface area contributed by atoms with Gasteiger partial charge in [0.15, 0.2) is 0 Å². The van der Waals surface area contributed by atoms with Crippen LogP contribution in [0.3, 0.4) is 0 Å². The molecule has 0 aromatic heterocycles. The smallest absolute Gasteiger partial charge is 0.0632 e. The fourth-order valence-electron chi connectivity index (χ4n) is 1.41. The molecule has 12 heavy (non-hydrogen) atoms. The topological polar surface area (TPSA) is 24.5 Å². The molecular formula is C9H18N2O. The Hall–Kier alpha value is -0.380. The predicted molar refractivity (Wildman–Crippen MR) is 50.3 cm³/mol. The van der Waals surface area contributed by atoms with Gasteiger partial charge < -0.3 is 15.0 Å². The van der Waals surface area contributed by atoms with Crippen LogP contribution in [0.2, 0.25) is 0 Å². The maximum atomic E-state index is 5.35. The van der Waals surface area contributed by atoms with E-state index in [1.807, 2.05) is 6.08 Å². The molecule has 0 radical (unpaired) electrons. The van der Waals surface area contributed by atoms with Crippen LogP contribution in [0.1, 0.15) is 0 Å². The zero-order chi connectivity index (χ0) is 8.81. The predicted octanol–water partition coefficient (Wildman–Crippen LogP) is 0.0926. The highest BCUT2D eigenvalue weighted by atomic mass is 16.5. The van der Waals surface area contributed by atoms with Gasteiger partial charge in [-0.05, 0) is 7.05 Å². The van der Waals surface area contributed by atoms with Crippen molar-refractivity contribution in [3.05, 3.63) is 12.7 Å². The van der Waals surface area contributed by atoms with Crippen molar-refractivity contribution in [2.75, 3.05) is 39.9 Å². The van der Waals surface area contributed by atoms with Crippen molar-refractivity contribution in [1.29, 1.82) is 0 Å². The van der Waals surface area contributed by atoms with E-state index < -0.39 is 0 Å². The second-order valence-electron chi connectivity index (χ2n) is 3.24. The van der Waals surface area contributed by atoms with Crippen LogP contribution in [-0.4, -0.2) is 50.8 Å². The minimum atomic E-state index is 0.490. The van der Waals surface area contributed by atoms with Crippen LogP contribution in [0, 0.1) is 0 Å². The van der Waals surface area contributed by atoms with Gasteiger partial charge in [0.05, 0.1) is 13.2 Å². The summed E-state index contributed by atoms with van der Waals surface area (Å²) in [6.07, 6.45) is 1.92. The molecule has 1 aliphatic heterocycles. The normalized spacial score (nSPS) is 24.3. The summed E-state index contributed by atoms with van der Waals surface area (Å²) in [4.78, 5) is 2.24. The zero-order valence-corrected chi connectivity index (χ0v) is 7.75. The van der Waals surface area contributed by atoms with E-state index >= 15 is 0 Å². The number of ether oxygens (including phenoxy) is 1. The number of morpholine rings is 1. The molecule has 0 aromatic rings. The van der Waals surface area contributed by atoms with E-state index in [-0.39, 0.29) is 0 Å². The van der Waals surface area contributed by atoms with Gasteiger partial charge in [-0.1, -0.05) is 6.08 Å². The monoisotopic (exact) mass is 170 g/mol. The Kier molecular flexibility index (Phi) is 4.29. The number of rotatable bonds is 4. The summed E-state index contributed by atoms with van der Waals surface area (Å²) in [5.41, 5.74) is 0. The summed E-state index contributed by atoms with van der Waals surface area (Å²) in [6.45, 7) is 8.34. The highest BCUT2D eigenvalue weighted by Gasteiger charge is 2.13. The molecule has 70 valence electrons. The molecule has 1 heterocycles. The van der Waals surface area contributed by atoms with E-state index in [9.17, 15) is 0 Å². The third-order valence-electron chi connectivity index (χ3n) is 1.97. The van der Waals surface area contributed by atoms with Gasteiger partial charge >= 0.3 is 0 Å². The lowest BCUT2D eigenvalue weighted by Gasteiger charge is -2.27. The highest BCUT2D eigenvalue weighted by Crippen LogP contribution is 1.95. The molecule has 1 aliphatic rings. The van der Waals surface area contributed by atoms with Crippen LogP contribution in [0.15, 0.2) is 12.7 Å². The lowest BCUT2D eigenvalue weighted by Crippen LogP contribution is -2.47. The van der Waals surface area contributed by atoms with Gasteiger partial charge in [-0.3, -0.25) is 0 Å². The van der Waals surface area contributed by atoms with Crippen molar-refractivity contribution in [3.8, 4) is 0 Å². The molecule has 3 heteroatoms. The Morgan fingerprint density at radius 3 is 3.17 bits per heavy atom. The van der Waals surface area contributed by atoms with E-state index in [4.69, 9.17) is 4.74 Å². The number of nitrogens with one attached hydrogen (secondary N) is 1. The van der Waals surface area contributed by atoms with Crippen molar-refractivity contribution in [2.24, 2.45) is 0 Å². The lowest BCUT2D eigenvalue weighted by atomic mass is 10.2. The summed E-state index contributed by atoms with van der Waals surface area (Å²) in [5.74, 6) is 0. The third kappa shape index (κ3) is 3.34. The molecule has 1 atom stereocenters. The van der Waals surface area contributed by atoms with E-state index in [1.165, 1.54) is 0 Å². The average Bonchev–Trinajstić information content (AvgIpc) is 2.06.